The minimum absolute atomic E-state index is 0.00367. The molecule has 2 fully saturated rings. The maximum atomic E-state index is 12.9. The third kappa shape index (κ3) is 1.70. The van der Waals surface area contributed by atoms with Crippen LogP contribution in [-0.2, 0) is 14.8 Å². The Morgan fingerprint density at radius 2 is 1.90 bits per heavy atom. The SMILES string of the molecule is O=S(=O)(c1cccc2ccccc12)N1CC2CC1CO2. The van der Waals surface area contributed by atoms with Gasteiger partial charge in [-0.2, -0.15) is 4.31 Å². The third-order valence-electron chi connectivity index (χ3n) is 4.19. The molecule has 2 heterocycles. The maximum Gasteiger partial charge on any atom is 0.244 e. The van der Waals surface area contributed by atoms with Gasteiger partial charge in [-0.05, 0) is 17.9 Å². The fourth-order valence-electron chi connectivity index (χ4n) is 3.21. The molecule has 2 aromatic rings. The number of rotatable bonds is 2. The Labute approximate surface area is 118 Å². The highest BCUT2D eigenvalue weighted by Gasteiger charge is 2.45. The van der Waals surface area contributed by atoms with Crippen molar-refractivity contribution < 1.29 is 13.2 Å². The van der Waals surface area contributed by atoms with Crippen LogP contribution in [0.25, 0.3) is 10.8 Å². The average molecular weight is 289 g/mol. The largest absolute Gasteiger partial charge is 0.375 e. The minimum Gasteiger partial charge on any atom is -0.375 e. The summed E-state index contributed by atoms with van der Waals surface area (Å²) in [7, 11) is -3.44. The molecule has 0 aromatic heterocycles. The highest BCUT2D eigenvalue weighted by molar-refractivity contribution is 7.89. The highest BCUT2D eigenvalue weighted by atomic mass is 32.2. The Hall–Kier alpha value is -1.43. The Bertz CT molecular complexity index is 766. The van der Waals surface area contributed by atoms with E-state index in [2.05, 4.69) is 0 Å². The van der Waals surface area contributed by atoms with Gasteiger partial charge < -0.3 is 4.74 Å². The van der Waals surface area contributed by atoms with Crippen LogP contribution in [0.2, 0.25) is 0 Å². The quantitative estimate of drug-likeness (QED) is 0.849. The van der Waals surface area contributed by atoms with Gasteiger partial charge in [0, 0.05) is 11.9 Å². The molecule has 2 bridgehead atoms. The molecular weight excluding hydrogens is 274 g/mol. The Balaban J connectivity index is 1.86. The molecule has 2 aromatic carbocycles. The van der Waals surface area contributed by atoms with E-state index in [9.17, 15) is 8.42 Å². The number of benzene rings is 2. The lowest BCUT2D eigenvalue weighted by Gasteiger charge is -2.26. The van der Waals surface area contributed by atoms with E-state index in [1.54, 1.807) is 16.4 Å². The van der Waals surface area contributed by atoms with E-state index < -0.39 is 10.0 Å². The number of fused-ring (bicyclic) bond motifs is 3. The van der Waals surface area contributed by atoms with E-state index in [1.165, 1.54) is 0 Å². The van der Waals surface area contributed by atoms with E-state index in [4.69, 9.17) is 4.74 Å². The van der Waals surface area contributed by atoms with Crippen LogP contribution in [0, 0.1) is 0 Å². The Morgan fingerprint density at radius 3 is 2.65 bits per heavy atom. The molecule has 20 heavy (non-hydrogen) atoms. The van der Waals surface area contributed by atoms with Gasteiger partial charge >= 0.3 is 0 Å². The minimum atomic E-state index is -3.44. The van der Waals surface area contributed by atoms with Gasteiger partial charge in [0.2, 0.25) is 10.0 Å². The monoisotopic (exact) mass is 289 g/mol. The van der Waals surface area contributed by atoms with Gasteiger partial charge in [-0.1, -0.05) is 36.4 Å². The summed E-state index contributed by atoms with van der Waals surface area (Å²) in [5.74, 6) is 0. The van der Waals surface area contributed by atoms with Crippen molar-refractivity contribution in [2.24, 2.45) is 0 Å². The smallest absolute Gasteiger partial charge is 0.244 e. The van der Waals surface area contributed by atoms with Crippen LogP contribution < -0.4 is 0 Å². The van der Waals surface area contributed by atoms with Crippen molar-refractivity contribution in [2.75, 3.05) is 13.2 Å². The standard InChI is InChI=1S/C15H15NO3S/c17-20(18,16-9-13-8-12(16)10-19-13)15-7-3-5-11-4-1-2-6-14(11)15/h1-7,12-13H,8-10H2. The molecule has 4 rings (SSSR count). The van der Waals surface area contributed by atoms with Crippen LogP contribution in [0.5, 0.6) is 0 Å². The van der Waals surface area contributed by atoms with Crippen molar-refractivity contribution in [1.29, 1.82) is 0 Å². The predicted octanol–water partition coefficient (Wildman–Crippen LogP) is 2.00. The molecule has 0 saturated carbocycles. The topological polar surface area (TPSA) is 46.6 Å². The normalized spacial score (nSPS) is 26.4. The summed E-state index contributed by atoms with van der Waals surface area (Å²) in [5.41, 5.74) is 0. The molecule has 2 aliphatic heterocycles. The van der Waals surface area contributed by atoms with Crippen LogP contribution >= 0.6 is 0 Å². The molecule has 2 atom stereocenters. The number of hydrogen-bond donors (Lipinski definition) is 0. The van der Waals surface area contributed by atoms with Crippen molar-refractivity contribution in [2.45, 2.75) is 23.5 Å². The van der Waals surface area contributed by atoms with Crippen molar-refractivity contribution in [1.82, 2.24) is 4.31 Å². The summed E-state index contributed by atoms with van der Waals surface area (Å²) >= 11 is 0. The molecule has 2 saturated heterocycles. The van der Waals surface area contributed by atoms with Crippen LogP contribution in [0.3, 0.4) is 0 Å². The van der Waals surface area contributed by atoms with Gasteiger partial charge in [0.1, 0.15) is 0 Å². The first-order valence-electron chi connectivity index (χ1n) is 6.77. The van der Waals surface area contributed by atoms with Crippen molar-refractivity contribution >= 4 is 20.8 Å². The highest BCUT2D eigenvalue weighted by Crippen LogP contribution is 2.34. The van der Waals surface area contributed by atoms with E-state index in [-0.39, 0.29) is 12.1 Å². The molecule has 0 radical (unpaired) electrons. The van der Waals surface area contributed by atoms with E-state index in [1.807, 2.05) is 30.3 Å². The number of nitrogens with zero attached hydrogens (tertiary/aromatic N) is 1. The summed E-state index contributed by atoms with van der Waals surface area (Å²) in [5, 5.41) is 1.74. The zero-order valence-electron chi connectivity index (χ0n) is 10.9. The van der Waals surface area contributed by atoms with E-state index in [0.717, 1.165) is 17.2 Å². The Kier molecular flexibility index (Phi) is 2.64. The number of morpholine rings is 1. The summed E-state index contributed by atoms with van der Waals surface area (Å²) in [6, 6.07) is 13.0. The van der Waals surface area contributed by atoms with Crippen molar-refractivity contribution in [3.8, 4) is 0 Å². The molecule has 0 amide bonds. The lowest BCUT2D eigenvalue weighted by atomic mass is 10.1. The summed E-state index contributed by atoms with van der Waals surface area (Å²) in [6.45, 7) is 1.00. The zero-order chi connectivity index (χ0) is 13.7. The van der Waals surface area contributed by atoms with Gasteiger partial charge in [-0.25, -0.2) is 8.42 Å². The zero-order valence-corrected chi connectivity index (χ0v) is 11.7. The van der Waals surface area contributed by atoms with Crippen molar-refractivity contribution in [3.63, 3.8) is 0 Å². The number of hydrogen-bond acceptors (Lipinski definition) is 3. The molecule has 0 N–H and O–H groups in total. The van der Waals surface area contributed by atoms with Gasteiger partial charge in [-0.3, -0.25) is 0 Å². The fraction of sp³-hybridized carbons (Fsp3) is 0.333. The van der Waals surface area contributed by atoms with Gasteiger partial charge in [0.05, 0.1) is 23.6 Å². The fourth-order valence-corrected chi connectivity index (χ4v) is 5.07. The van der Waals surface area contributed by atoms with E-state index in [0.29, 0.717) is 18.0 Å². The molecule has 0 spiro atoms. The molecule has 2 unspecified atom stereocenters. The van der Waals surface area contributed by atoms with Gasteiger partial charge in [-0.15, -0.1) is 0 Å². The maximum absolute atomic E-state index is 12.9. The molecule has 104 valence electrons. The lowest BCUT2D eigenvalue weighted by molar-refractivity contribution is 0.0609. The van der Waals surface area contributed by atoms with E-state index >= 15 is 0 Å². The molecule has 0 aliphatic carbocycles. The number of sulfonamides is 1. The first kappa shape index (κ1) is 12.3. The second kappa shape index (κ2) is 4.28. The van der Waals surface area contributed by atoms with Crippen LogP contribution in [0.4, 0.5) is 0 Å². The average Bonchev–Trinajstić information content (AvgIpc) is 3.09. The number of ether oxygens (including phenoxy) is 1. The second-order valence-electron chi connectivity index (χ2n) is 5.40. The summed E-state index contributed by atoms with van der Waals surface area (Å²) in [6.07, 6.45) is 0.897. The molecule has 4 nitrogen and oxygen atoms in total. The molecule has 5 heteroatoms. The first-order chi connectivity index (χ1) is 9.66. The first-order valence-corrected chi connectivity index (χ1v) is 8.21. The van der Waals surface area contributed by atoms with Gasteiger partial charge in [0.15, 0.2) is 0 Å². The van der Waals surface area contributed by atoms with Crippen LogP contribution in [0.1, 0.15) is 6.42 Å². The Morgan fingerprint density at radius 1 is 1.10 bits per heavy atom. The van der Waals surface area contributed by atoms with Gasteiger partial charge in [0.25, 0.3) is 0 Å². The third-order valence-corrected chi connectivity index (χ3v) is 6.16. The van der Waals surface area contributed by atoms with Crippen LogP contribution in [-0.4, -0.2) is 38.0 Å². The van der Waals surface area contributed by atoms with Crippen molar-refractivity contribution in [3.05, 3.63) is 42.5 Å². The molecule has 2 aliphatic rings. The lowest BCUT2D eigenvalue weighted by Crippen LogP contribution is -2.41. The molecular formula is C15H15NO3S. The second-order valence-corrected chi connectivity index (χ2v) is 7.26. The predicted molar refractivity (Wildman–Crippen MR) is 76.0 cm³/mol. The summed E-state index contributed by atoms with van der Waals surface area (Å²) in [4.78, 5) is 0.406. The van der Waals surface area contributed by atoms with Crippen LogP contribution in [0.15, 0.2) is 47.4 Å². The summed E-state index contributed by atoms with van der Waals surface area (Å²) < 4.78 is 32.9.